The van der Waals surface area contributed by atoms with Crippen LogP contribution in [0.1, 0.15) is 64.6 Å². The zero-order valence-corrected chi connectivity index (χ0v) is 12.7. The fraction of sp³-hybridized carbons (Fsp3) is 0.647. The first-order chi connectivity index (χ1) is 8.42. The summed E-state index contributed by atoms with van der Waals surface area (Å²) in [6.45, 7) is 12.4. The van der Waals surface area contributed by atoms with Crippen molar-refractivity contribution >= 4 is 0 Å². The average molecular weight is 247 g/mol. The van der Waals surface area contributed by atoms with Crippen LogP contribution in [0.4, 0.5) is 0 Å². The summed E-state index contributed by atoms with van der Waals surface area (Å²) in [4.78, 5) is 0. The molecule has 1 aromatic rings. The minimum Gasteiger partial charge on any atom is -0.310 e. The maximum Gasteiger partial charge on any atom is 0.0291 e. The SMILES string of the molecule is CCCc1ccc(C(C)NCCC(C)(C)C)cc1. The number of rotatable bonds is 6. The van der Waals surface area contributed by atoms with Gasteiger partial charge in [-0.15, -0.1) is 0 Å². The fourth-order valence-electron chi connectivity index (χ4n) is 2.04. The molecular formula is C17H29N. The van der Waals surface area contributed by atoms with Gasteiger partial charge >= 0.3 is 0 Å². The van der Waals surface area contributed by atoms with Crippen LogP contribution in [0.5, 0.6) is 0 Å². The lowest BCUT2D eigenvalue weighted by Gasteiger charge is -2.21. The van der Waals surface area contributed by atoms with E-state index in [-0.39, 0.29) is 0 Å². The zero-order chi connectivity index (χ0) is 13.6. The largest absolute Gasteiger partial charge is 0.310 e. The topological polar surface area (TPSA) is 12.0 Å². The zero-order valence-electron chi connectivity index (χ0n) is 12.7. The second-order valence-electron chi connectivity index (χ2n) is 6.48. The molecule has 1 rings (SSSR count). The standard InChI is InChI=1S/C17H29N/c1-6-7-15-8-10-16(11-9-15)14(2)18-13-12-17(3,4)5/h8-11,14,18H,6-7,12-13H2,1-5H3. The van der Waals surface area contributed by atoms with E-state index in [0.29, 0.717) is 11.5 Å². The Balaban J connectivity index is 2.43. The van der Waals surface area contributed by atoms with Gasteiger partial charge in [0, 0.05) is 6.04 Å². The summed E-state index contributed by atoms with van der Waals surface area (Å²) in [5.74, 6) is 0. The molecule has 1 atom stereocenters. The highest BCUT2D eigenvalue weighted by atomic mass is 14.9. The molecule has 0 bridgehead atoms. The van der Waals surface area contributed by atoms with E-state index < -0.39 is 0 Å². The Morgan fingerprint density at radius 3 is 2.22 bits per heavy atom. The smallest absolute Gasteiger partial charge is 0.0291 e. The fourth-order valence-corrected chi connectivity index (χ4v) is 2.04. The van der Waals surface area contributed by atoms with Crippen LogP contribution in [0.2, 0.25) is 0 Å². The quantitative estimate of drug-likeness (QED) is 0.766. The summed E-state index contributed by atoms with van der Waals surface area (Å²) in [6, 6.07) is 9.50. The van der Waals surface area contributed by atoms with Crippen LogP contribution >= 0.6 is 0 Å². The molecule has 0 aliphatic carbocycles. The highest BCUT2D eigenvalue weighted by molar-refractivity contribution is 5.24. The normalized spacial score (nSPS) is 13.6. The molecular weight excluding hydrogens is 218 g/mol. The Kier molecular flexibility index (Phi) is 5.87. The second kappa shape index (κ2) is 6.94. The van der Waals surface area contributed by atoms with E-state index in [1.807, 2.05) is 0 Å². The van der Waals surface area contributed by atoms with E-state index >= 15 is 0 Å². The highest BCUT2D eigenvalue weighted by Gasteiger charge is 2.11. The Hall–Kier alpha value is -0.820. The predicted molar refractivity (Wildman–Crippen MR) is 80.9 cm³/mol. The molecule has 0 radical (unpaired) electrons. The van der Waals surface area contributed by atoms with Crippen molar-refractivity contribution in [2.45, 2.75) is 59.9 Å². The molecule has 102 valence electrons. The minimum atomic E-state index is 0.414. The lowest BCUT2D eigenvalue weighted by atomic mass is 9.92. The van der Waals surface area contributed by atoms with Gasteiger partial charge in [-0.05, 0) is 42.9 Å². The second-order valence-corrected chi connectivity index (χ2v) is 6.48. The van der Waals surface area contributed by atoms with Crippen LogP contribution < -0.4 is 5.32 Å². The van der Waals surface area contributed by atoms with E-state index in [1.165, 1.54) is 30.4 Å². The molecule has 0 aliphatic rings. The van der Waals surface area contributed by atoms with Gasteiger partial charge in [0.2, 0.25) is 0 Å². The molecule has 0 saturated carbocycles. The number of nitrogens with one attached hydrogen (secondary N) is 1. The van der Waals surface area contributed by atoms with Crippen molar-refractivity contribution in [3.8, 4) is 0 Å². The van der Waals surface area contributed by atoms with Crippen LogP contribution in [0, 0.1) is 5.41 Å². The first kappa shape index (κ1) is 15.2. The summed E-state index contributed by atoms with van der Waals surface area (Å²) >= 11 is 0. The Labute approximate surface area is 113 Å². The molecule has 1 aromatic carbocycles. The van der Waals surface area contributed by atoms with Gasteiger partial charge in [0.05, 0.1) is 0 Å². The highest BCUT2D eigenvalue weighted by Crippen LogP contribution is 2.19. The van der Waals surface area contributed by atoms with Crippen molar-refractivity contribution in [3.05, 3.63) is 35.4 Å². The van der Waals surface area contributed by atoms with Gasteiger partial charge in [-0.25, -0.2) is 0 Å². The number of hydrogen-bond acceptors (Lipinski definition) is 1. The summed E-state index contributed by atoms with van der Waals surface area (Å²) in [5, 5.41) is 3.61. The molecule has 0 aromatic heterocycles. The van der Waals surface area contributed by atoms with Crippen LogP contribution in [0.15, 0.2) is 24.3 Å². The molecule has 0 heterocycles. The number of aryl methyl sites for hydroxylation is 1. The van der Waals surface area contributed by atoms with E-state index in [1.54, 1.807) is 0 Å². The third-order valence-electron chi connectivity index (χ3n) is 3.34. The van der Waals surface area contributed by atoms with Crippen LogP contribution in [0.3, 0.4) is 0 Å². The summed E-state index contributed by atoms with van der Waals surface area (Å²) in [6.07, 6.45) is 3.62. The molecule has 1 nitrogen and oxygen atoms in total. The van der Waals surface area contributed by atoms with E-state index in [4.69, 9.17) is 0 Å². The Bertz CT molecular complexity index is 332. The maximum absolute atomic E-state index is 3.61. The van der Waals surface area contributed by atoms with Crippen LogP contribution in [-0.4, -0.2) is 6.54 Å². The molecule has 18 heavy (non-hydrogen) atoms. The number of benzene rings is 1. The van der Waals surface area contributed by atoms with Crippen molar-refractivity contribution in [1.82, 2.24) is 5.32 Å². The van der Waals surface area contributed by atoms with Gasteiger partial charge in [-0.2, -0.15) is 0 Å². The third kappa shape index (κ3) is 5.68. The molecule has 0 amide bonds. The minimum absolute atomic E-state index is 0.414. The maximum atomic E-state index is 3.61. The van der Waals surface area contributed by atoms with Crippen molar-refractivity contribution in [2.24, 2.45) is 5.41 Å². The first-order valence-electron chi connectivity index (χ1n) is 7.24. The molecule has 1 unspecified atom stereocenters. The Morgan fingerprint density at radius 2 is 1.72 bits per heavy atom. The Morgan fingerprint density at radius 1 is 1.11 bits per heavy atom. The van der Waals surface area contributed by atoms with E-state index in [2.05, 4.69) is 64.2 Å². The molecule has 0 aliphatic heterocycles. The molecule has 1 heteroatoms. The predicted octanol–water partition coefficient (Wildman–Crippen LogP) is 4.73. The first-order valence-corrected chi connectivity index (χ1v) is 7.24. The molecule has 0 spiro atoms. The van der Waals surface area contributed by atoms with Crippen molar-refractivity contribution in [3.63, 3.8) is 0 Å². The summed E-state index contributed by atoms with van der Waals surface area (Å²) < 4.78 is 0. The third-order valence-corrected chi connectivity index (χ3v) is 3.34. The lowest BCUT2D eigenvalue weighted by Crippen LogP contribution is -2.23. The van der Waals surface area contributed by atoms with Crippen LogP contribution in [0.25, 0.3) is 0 Å². The summed E-state index contributed by atoms with van der Waals surface area (Å²) in [5.41, 5.74) is 3.25. The molecule has 1 N–H and O–H groups in total. The van der Waals surface area contributed by atoms with Crippen molar-refractivity contribution in [1.29, 1.82) is 0 Å². The van der Waals surface area contributed by atoms with Gasteiger partial charge in [0.1, 0.15) is 0 Å². The van der Waals surface area contributed by atoms with Crippen molar-refractivity contribution < 1.29 is 0 Å². The lowest BCUT2D eigenvalue weighted by molar-refractivity contribution is 0.358. The summed E-state index contributed by atoms with van der Waals surface area (Å²) in [7, 11) is 0. The average Bonchev–Trinajstić information content (AvgIpc) is 2.28. The van der Waals surface area contributed by atoms with Gasteiger partial charge in [-0.3, -0.25) is 0 Å². The number of hydrogen-bond donors (Lipinski definition) is 1. The van der Waals surface area contributed by atoms with Gasteiger partial charge in [-0.1, -0.05) is 58.4 Å². The molecule has 0 fully saturated rings. The monoisotopic (exact) mass is 247 g/mol. The van der Waals surface area contributed by atoms with Gasteiger partial charge in [0.15, 0.2) is 0 Å². The van der Waals surface area contributed by atoms with Gasteiger partial charge in [0.25, 0.3) is 0 Å². The van der Waals surface area contributed by atoms with Gasteiger partial charge < -0.3 is 5.32 Å². The van der Waals surface area contributed by atoms with E-state index in [0.717, 1.165) is 6.54 Å². The molecule has 0 saturated heterocycles. The van der Waals surface area contributed by atoms with Crippen LogP contribution in [-0.2, 0) is 6.42 Å². The van der Waals surface area contributed by atoms with E-state index in [9.17, 15) is 0 Å². The van der Waals surface area contributed by atoms with Crippen molar-refractivity contribution in [2.75, 3.05) is 6.54 Å².